The van der Waals surface area contributed by atoms with Crippen LogP contribution in [0.15, 0.2) is 47.8 Å². The minimum atomic E-state index is -0.0998. The fraction of sp³-hybridized carbons (Fsp3) is 0.407. The highest BCUT2D eigenvalue weighted by Gasteiger charge is 2.42. The van der Waals surface area contributed by atoms with Crippen LogP contribution >= 0.6 is 11.3 Å². The molecule has 3 aliphatic rings. The summed E-state index contributed by atoms with van der Waals surface area (Å²) in [6.07, 6.45) is 2.97. The number of piperidine rings is 1. The Morgan fingerprint density at radius 2 is 1.77 bits per heavy atom. The maximum absolute atomic E-state index is 12.4. The van der Waals surface area contributed by atoms with Gasteiger partial charge < -0.3 is 24.6 Å². The van der Waals surface area contributed by atoms with E-state index in [2.05, 4.69) is 57.8 Å². The van der Waals surface area contributed by atoms with Gasteiger partial charge in [-0.1, -0.05) is 18.2 Å². The number of fused-ring (bicyclic) bond motifs is 1. The van der Waals surface area contributed by atoms with Crippen molar-refractivity contribution in [1.29, 1.82) is 0 Å². The molecule has 0 atom stereocenters. The van der Waals surface area contributed by atoms with Gasteiger partial charge in [-0.3, -0.25) is 0 Å². The lowest BCUT2D eigenvalue weighted by Crippen LogP contribution is -2.47. The van der Waals surface area contributed by atoms with Crippen molar-refractivity contribution in [3.63, 3.8) is 0 Å². The summed E-state index contributed by atoms with van der Waals surface area (Å²) >= 11 is 1.73. The van der Waals surface area contributed by atoms with Gasteiger partial charge in [0, 0.05) is 56.5 Å². The summed E-state index contributed by atoms with van der Waals surface area (Å²) in [7, 11) is 0. The van der Waals surface area contributed by atoms with Gasteiger partial charge in [0.2, 0.25) is 0 Å². The lowest BCUT2D eigenvalue weighted by atomic mass is 9.87. The number of hydrogen-bond acceptors (Lipinski definition) is 6. The zero-order chi connectivity index (χ0) is 23.8. The largest absolute Gasteiger partial charge is 0.487 e. The van der Waals surface area contributed by atoms with Crippen LogP contribution in [0.5, 0.6) is 5.75 Å². The van der Waals surface area contributed by atoms with Crippen LogP contribution in [-0.4, -0.2) is 60.9 Å². The number of thiazole rings is 1. The van der Waals surface area contributed by atoms with E-state index in [0.717, 1.165) is 60.2 Å². The second kappa shape index (κ2) is 9.17. The van der Waals surface area contributed by atoms with E-state index in [-0.39, 0.29) is 11.6 Å². The predicted molar refractivity (Wildman–Crippen MR) is 139 cm³/mol. The Morgan fingerprint density at radius 1 is 1.03 bits per heavy atom. The highest BCUT2D eigenvalue weighted by atomic mass is 32.1. The number of nitrogens with one attached hydrogen (secondary N) is 1. The molecule has 2 amide bonds. The van der Waals surface area contributed by atoms with E-state index in [4.69, 9.17) is 9.47 Å². The number of morpholine rings is 1. The number of benzene rings is 2. The zero-order valence-corrected chi connectivity index (χ0v) is 20.8. The molecule has 7 nitrogen and oxygen atoms in total. The minimum Gasteiger partial charge on any atom is -0.487 e. The number of hydrogen-bond donors (Lipinski definition) is 1. The third kappa shape index (κ3) is 4.60. The molecule has 182 valence electrons. The fourth-order valence-corrected chi connectivity index (χ4v) is 6.06. The topological polar surface area (TPSA) is 66.9 Å². The van der Waals surface area contributed by atoms with Crippen molar-refractivity contribution in [2.45, 2.75) is 31.8 Å². The van der Waals surface area contributed by atoms with Crippen molar-refractivity contribution in [2.75, 3.05) is 49.6 Å². The first-order valence-corrected chi connectivity index (χ1v) is 13.2. The standard InChI is InChI=1S/C27H30N4O3S/c1-19-18-35-26(28-19)31-10-8-27(9-11-31)17-22-16-21(4-7-24(22)34-27)20-2-5-23(6-3-20)29-25(32)30-12-14-33-15-13-30/h2-7,16,18H,8-15,17H2,1H3,(H,29,32). The molecule has 0 bridgehead atoms. The van der Waals surface area contributed by atoms with Crippen LogP contribution in [0, 0.1) is 6.92 Å². The van der Waals surface area contributed by atoms with E-state index in [1.165, 1.54) is 11.1 Å². The van der Waals surface area contributed by atoms with Crippen LogP contribution in [0.4, 0.5) is 15.6 Å². The molecule has 2 fully saturated rings. The molecule has 8 heteroatoms. The number of carbonyl (C=O) groups excluding carboxylic acids is 1. The van der Waals surface area contributed by atoms with Crippen molar-refractivity contribution >= 4 is 28.2 Å². The van der Waals surface area contributed by atoms with Crippen LogP contribution in [-0.2, 0) is 11.2 Å². The molecule has 3 aliphatic heterocycles. The molecule has 1 aromatic heterocycles. The van der Waals surface area contributed by atoms with Gasteiger partial charge in [0.25, 0.3) is 0 Å². The molecule has 2 saturated heterocycles. The van der Waals surface area contributed by atoms with Crippen molar-refractivity contribution in [3.8, 4) is 16.9 Å². The molecule has 0 unspecified atom stereocenters. The number of rotatable bonds is 3. The number of nitrogens with zero attached hydrogens (tertiary/aromatic N) is 3. The van der Waals surface area contributed by atoms with Crippen molar-refractivity contribution < 1.29 is 14.3 Å². The SMILES string of the molecule is Cc1csc(N2CCC3(CC2)Cc2cc(-c4ccc(NC(=O)N5CCOCC5)cc4)ccc2O3)n1. The molecule has 0 saturated carbocycles. The molecular weight excluding hydrogens is 460 g/mol. The van der Waals surface area contributed by atoms with Gasteiger partial charge in [0.15, 0.2) is 5.13 Å². The summed E-state index contributed by atoms with van der Waals surface area (Å²) in [6.45, 7) is 6.46. The van der Waals surface area contributed by atoms with Gasteiger partial charge >= 0.3 is 6.03 Å². The number of aryl methyl sites for hydroxylation is 1. The normalized spacial score (nSPS) is 18.9. The first-order valence-electron chi connectivity index (χ1n) is 12.3. The van der Waals surface area contributed by atoms with Crippen LogP contribution in [0.3, 0.4) is 0 Å². The summed E-state index contributed by atoms with van der Waals surface area (Å²) in [5, 5.41) is 6.23. The fourth-order valence-electron chi connectivity index (χ4n) is 5.20. The lowest BCUT2D eigenvalue weighted by molar-refractivity contribution is 0.0564. The minimum absolute atomic E-state index is 0.0722. The van der Waals surface area contributed by atoms with Gasteiger partial charge in [-0.15, -0.1) is 11.3 Å². The Hall–Kier alpha value is -3.10. The average Bonchev–Trinajstić information content (AvgIpc) is 3.48. The molecule has 2 aromatic carbocycles. The van der Waals surface area contributed by atoms with E-state index in [1.807, 2.05) is 12.1 Å². The maximum atomic E-state index is 12.4. The van der Waals surface area contributed by atoms with E-state index >= 15 is 0 Å². The second-order valence-corrected chi connectivity index (χ2v) is 10.5. The van der Waals surface area contributed by atoms with E-state index < -0.39 is 0 Å². The third-order valence-corrected chi connectivity index (χ3v) is 8.24. The number of aromatic nitrogens is 1. The quantitative estimate of drug-likeness (QED) is 0.562. The van der Waals surface area contributed by atoms with Crippen molar-refractivity contribution in [1.82, 2.24) is 9.88 Å². The Bertz CT molecular complexity index is 1210. The van der Waals surface area contributed by atoms with E-state index in [0.29, 0.717) is 26.3 Å². The zero-order valence-electron chi connectivity index (χ0n) is 20.0. The Kier molecular flexibility index (Phi) is 5.86. The van der Waals surface area contributed by atoms with E-state index in [1.54, 1.807) is 16.2 Å². The Balaban J connectivity index is 1.10. The molecule has 4 heterocycles. The van der Waals surface area contributed by atoms with Gasteiger partial charge in [-0.05, 0) is 47.9 Å². The Labute approximate surface area is 209 Å². The predicted octanol–water partition coefficient (Wildman–Crippen LogP) is 4.96. The van der Waals surface area contributed by atoms with Gasteiger partial charge in [0.05, 0.1) is 18.9 Å². The maximum Gasteiger partial charge on any atom is 0.321 e. The molecular formula is C27H30N4O3S. The van der Waals surface area contributed by atoms with Crippen molar-refractivity contribution in [2.24, 2.45) is 0 Å². The van der Waals surface area contributed by atoms with Crippen molar-refractivity contribution in [3.05, 3.63) is 59.1 Å². The van der Waals surface area contributed by atoms with Gasteiger partial charge in [0.1, 0.15) is 11.4 Å². The number of anilines is 2. The summed E-state index contributed by atoms with van der Waals surface area (Å²) in [4.78, 5) is 21.3. The number of urea groups is 1. The van der Waals surface area contributed by atoms with Gasteiger partial charge in [-0.2, -0.15) is 0 Å². The highest BCUT2D eigenvalue weighted by molar-refractivity contribution is 7.13. The summed E-state index contributed by atoms with van der Waals surface area (Å²) in [5.41, 5.74) is 5.38. The Morgan fingerprint density at radius 3 is 2.49 bits per heavy atom. The van der Waals surface area contributed by atoms with Crippen LogP contribution < -0.4 is 15.0 Å². The molecule has 35 heavy (non-hydrogen) atoms. The monoisotopic (exact) mass is 490 g/mol. The molecule has 6 rings (SSSR count). The van der Waals surface area contributed by atoms with E-state index in [9.17, 15) is 4.79 Å². The van der Waals surface area contributed by atoms with Crippen LogP contribution in [0.25, 0.3) is 11.1 Å². The summed E-state index contributed by atoms with van der Waals surface area (Å²) < 4.78 is 11.9. The second-order valence-electron chi connectivity index (χ2n) is 9.65. The molecule has 1 spiro atoms. The molecule has 0 radical (unpaired) electrons. The smallest absolute Gasteiger partial charge is 0.321 e. The molecule has 0 aliphatic carbocycles. The summed E-state index contributed by atoms with van der Waals surface area (Å²) in [6, 6.07) is 14.5. The van der Waals surface area contributed by atoms with Crippen LogP contribution in [0.2, 0.25) is 0 Å². The summed E-state index contributed by atoms with van der Waals surface area (Å²) in [5.74, 6) is 1.02. The van der Waals surface area contributed by atoms with Crippen LogP contribution in [0.1, 0.15) is 24.1 Å². The first kappa shape index (κ1) is 22.4. The number of ether oxygens (including phenoxy) is 2. The lowest BCUT2D eigenvalue weighted by Gasteiger charge is -2.38. The molecule has 3 aromatic rings. The number of amides is 2. The molecule has 1 N–H and O–H groups in total. The highest BCUT2D eigenvalue weighted by Crippen LogP contribution is 2.43. The third-order valence-electron chi connectivity index (χ3n) is 7.22. The van der Waals surface area contributed by atoms with Gasteiger partial charge in [-0.25, -0.2) is 9.78 Å². The number of carbonyl (C=O) groups is 1. The first-order chi connectivity index (χ1) is 17.1. The average molecular weight is 491 g/mol.